The minimum atomic E-state index is -2.60. The molecule has 1 aromatic carbocycles. The molecule has 1 aliphatic carbocycles. The molecular weight excluding hydrogens is 306 g/mol. The number of benzene rings is 1. The van der Waals surface area contributed by atoms with Gasteiger partial charge in [-0.3, -0.25) is 10.1 Å². The summed E-state index contributed by atoms with van der Waals surface area (Å²) < 4.78 is 26.5. The quantitative estimate of drug-likeness (QED) is 0.686. The molecule has 8 heteroatoms. The van der Waals surface area contributed by atoms with Gasteiger partial charge in [-0.1, -0.05) is 6.07 Å². The number of aryl methyl sites for hydroxylation is 1. The molecule has 0 amide bonds. The van der Waals surface area contributed by atoms with E-state index in [1.54, 1.807) is 19.1 Å². The summed E-state index contributed by atoms with van der Waals surface area (Å²) in [6, 6.07) is 4.53. The molecule has 0 radical (unpaired) electrons. The Morgan fingerprint density at radius 2 is 2.00 bits per heavy atom. The minimum absolute atomic E-state index is 0.0915. The third-order valence-corrected chi connectivity index (χ3v) is 4.07. The van der Waals surface area contributed by atoms with Crippen molar-refractivity contribution in [2.75, 3.05) is 5.32 Å². The first-order valence-corrected chi connectivity index (χ1v) is 7.42. The molecule has 1 saturated carbocycles. The summed E-state index contributed by atoms with van der Waals surface area (Å²) in [7, 11) is 0. The van der Waals surface area contributed by atoms with Gasteiger partial charge in [0.05, 0.1) is 4.92 Å². The van der Waals surface area contributed by atoms with Crippen molar-refractivity contribution < 1.29 is 13.7 Å². The maximum absolute atomic E-state index is 13.2. The van der Waals surface area contributed by atoms with Crippen LogP contribution in [0.15, 0.2) is 18.2 Å². The molecule has 1 fully saturated rings. The molecule has 3 rings (SSSR count). The number of anilines is 1. The number of para-hydroxylation sites is 1. The number of nitrogens with one attached hydrogen (secondary N) is 1. The lowest BCUT2D eigenvalue weighted by Crippen LogP contribution is -2.32. The summed E-state index contributed by atoms with van der Waals surface area (Å²) in [6.07, 6.45) is 0.360. The Balaban J connectivity index is 1.95. The SMILES string of the molecule is Cc1nc(NC2CCC(F)(F)CC2)c2cccc([N+](=O)[O-])c2n1. The van der Waals surface area contributed by atoms with Gasteiger partial charge in [-0.25, -0.2) is 18.7 Å². The number of halogens is 2. The van der Waals surface area contributed by atoms with Gasteiger partial charge < -0.3 is 5.32 Å². The zero-order valence-corrected chi connectivity index (χ0v) is 12.6. The highest BCUT2D eigenvalue weighted by atomic mass is 19.3. The highest BCUT2D eigenvalue weighted by Crippen LogP contribution is 2.35. The fourth-order valence-corrected chi connectivity index (χ4v) is 2.88. The third kappa shape index (κ3) is 3.20. The van der Waals surface area contributed by atoms with Crippen LogP contribution in [-0.4, -0.2) is 26.9 Å². The van der Waals surface area contributed by atoms with Gasteiger partial charge in [-0.15, -0.1) is 0 Å². The molecule has 0 aliphatic heterocycles. The summed E-state index contributed by atoms with van der Waals surface area (Å²) in [4.78, 5) is 19.1. The normalized spacial score (nSPS) is 18.0. The number of rotatable bonds is 3. The van der Waals surface area contributed by atoms with Crippen LogP contribution in [0.2, 0.25) is 0 Å². The molecule has 1 heterocycles. The monoisotopic (exact) mass is 322 g/mol. The average Bonchev–Trinajstić information content (AvgIpc) is 2.48. The first-order chi connectivity index (χ1) is 10.9. The lowest BCUT2D eigenvalue weighted by atomic mass is 9.92. The summed E-state index contributed by atoms with van der Waals surface area (Å²) in [5.74, 6) is -1.73. The van der Waals surface area contributed by atoms with E-state index in [1.807, 2.05) is 0 Å². The van der Waals surface area contributed by atoms with Crippen molar-refractivity contribution in [3.63, 3.8) is 0 Å². The molecule has 0 saturated heterocycles. The predicted molar refractivity (Wildman–Crippen MR) is 81.8 cm³/mol. The van der Waals surface area contributed by atoms with Gasteiger partial charge in [0, 0.05) is 30.3 Å². The van der Waals surface area contributed by atoms with Crippen molar-refractivity contribution in [2.24, 2.45) is 0 Å². The molecule has 1 aromatic heterocycles. The van der Waals surface area contributed by atoms with Crippen LogP contribution in [0.4, 0.5) is 20.3 Å². The van der Waals surface area contributed by atoms with Crippen LogP contribution in [0.25, 0.3) is 10.9 Å². The molecule has 1 N–H and O–H groups in total. The van der Waals surface area contributed by atoms with E-state index in [-0.39, 0.29) is 30.1 Å². The van der Waals surface area contributed by atoms with Gasteiger partial charge in [0.15, 0.2) is 5.52 Å². The van der Waals surface area contributed by atoms with E-state index in [0.717, 1.165) is 0 Å². The zero-order chi connectivity index (χ0) is 16.6. The van der Waals surface area contributed by atoms with Gasteiger partial charge in [0.2, 0.25) is 5.92 Å². The number of alkyl halides is 2. The summed E-state index contributed by atoms with van der Waals surface area (Å²) in [5.41, 5.74) is 0.167. The van der Waals surface area contributed by atoms with E-state index < -0.39 is 10.8 Å². The van der Waals surface area contributed by atoms with Crippen LogP contribution < -0.4 is 5.32 Å². The maximum Gasteiger partial charge on any atom is 0.295 e. The highest BCUT2D eigenvalue weighted by molar-refractivity contribution is 5.94. The van der Waals surface area contributed by atoms with Gasteiger partial charge in [-0.05, 0) is 25.8 Å². The smallest absolute Gasteiger partial charge is 0.295 e. The number of nitrogens with zero attached hydrogens (tertiary/aromatic N) is 3. The summed E-state index contributed by atoms with van der Waals surface area (Å²) >= 11 is 0. The number of hydrogen-bond acceptors (Lipinski definition) is 5. The number of hydrogen-bond donors (Lipinski definition) is 1. The lowest BCUT2D eigenvalue weighted by Gasteiger charge is -2.29. The number of aromatic nitrogens is 2. The minimum Gasteiger partial charge on any atom is -0.367 e. The van der Waals surface area contributed by atoms with E-state index in [0.29, 0.717) is 29.9 Å². The van der Waals surface area contributed by atoms with Crippen molar-refractivity contribution in [2.45, 2.75) is 44.6 Å². The Labute approximate surface area is 131 Å². The van der Waals surface area contributed by atoms with Crippen molar-refractivity contribution in [3.05, 3.63) is 34.1 Å². The first kappa shape index (κ1) is 15.5. The van der Waals surface area contributed by atoms with Crippen molar-refractivity contribution in [3.8, 4) is 0 Å². The second-order valence-corrected chi connectivity index (χ2v) is 5.82. The standard InChI is InChI=1S/C15H16F2N4O2/c1-9-18-13-11(3-2-4-12(13)21(22)23)14(19-9)20-10-5-7-15(16,17)8-6-10/h2-4,10H,5-8H2,1H3,(H,18,19,20). The van der Waals surface area contributed by atoms with Crippen LogP contribution in [0, 0.1) is 17.0 Å². The van der Waals surface area contributed by atoms with E-state index in [2.05, 4.69) is 15.3 Å². The highest BCUT2D eigenvalue weighted by Gasteiger charge is 2.35. The summed E-state index contributed by atoms with van der Waals surface area (Å²) in [5, 5.41) is 14.8. The van der Waals surface area contributed by atoms with Crippen molar-refractivity contribution in [1.82, 2.24) is 9.97 Å². The molecule has 2 aromatic rings. The largest absolute Gasteiger partial charge is 0.367 e. The van der Waals surface area contributed by atoms with Crippen LogP contribution in [0.3, 0.4) is 0 Å². The van der Waals surface area contributed by atoms with Gasteiger partial charge in [0.25, 0.3) is 5.69 Å². The van der Waals surface area contributed by atoms with Gasteiger partial charge in [-0.2, -0.15) is 0 Å². The molecule has 0 bridgehead atoms. The number of non-ortho nitro benzene ring substituents is 1. The maximum atomic E-state index is 13.2. The molecular formula is C15H16F2N4O2. The van der Waals surface area contributed by atoms with E-state index in [1.165, 1.54) is 6.07 Å². The Kier molecular flexibility index (Phi) is 3.83. The van der Waals surface area contributed by atoms with E-state index in [4.69, 9.17) is 0 Å². The van der Waals surface area contributed by atoms with Gasteiger partial charge >= 0.3 is 0 Å². The van der Waals surface area contributed by atoms with Crippen LogP contribution in [0.5, 0.6) is 0 Å². The average molecular weight is 322 g/mol. The fourth-order valence-electron chi connectivity index (χ4n) is 2.88. The molecule has 0 unspecified atom stereocenters. The molecule has 0 spiro atoms. The topological polar surface area (TPSA) is 81.0 Å². The second kappa shape index (κ2) is 5.68. The molecule has 1 aliphatic rings. The molecule has 6 nitrogen and oxygen atoms in total. The second-order valence-electron chi connectivity index (χ2n) is 5.82. The molecule has 23 heavy (non-hydrogen) atoms. The lowest BCUT2D eigenvalue weighted by molar-refractivity contribution is -0.383. The molecule has 122 valence electrons. The molecule has 0 atom stereocenters. The third-order valence-electron chi connectivity index (χ3n) is 4.07. The van der Waals surface area contributed by atoms with E-state index in [9.17, 15) is 18.9 Å². The number of fused-ring (bicyclic) bond motifs is 1. The van der Waals surface area contributed by atoms with Crippen molar-refractivity contribution >= 4 is 22.4 Å². The number of nitro benzene ring substituents is 1. The Bertz CT molecular complexity index is 756. The zero-order valence-electron chi connectivity index (χ0n) is 12.6. The first-order valence-electron chi connectivity index (χ1n) is 7.42. The van der Waals surface area contributed by atoms with Gasteiger partial charge in [0.1, 0.15) is 11.6 Å². The Hall–Kier alpha value is -2.38. The van der Waals surface area contributed by atoms with Crippen molar-refractivity contribution in [1.29, 1.82) is 0 Å². The fraction of sp³-hybridized carbons (Fsp3) is 0.467. The Morgan fingerprint density at radius 1 is 1.30 bits per heavy atom. The summed E-state index contributed by atoms with van der Waals surface area (Å²) in [6.45, 7) is 1.65. The van der Waals surface area contributed by atoms with Crippen LogP contribution >= 0.6 is 0 Å². The van der Waals surface area contributed by atoms with E-state index >= 15 is 0 Å². The Morgan fingerprint density at radius 3 is 2.65 bits per heavy atom. The van der Waals surface area contributed by atoms with Crippen LogP contribution in [-0.2, 0) is 0 Å². The predicted octanol–water partition coefficient (Wildman–Crippen LogP) is 3.84. The van der Waals surface area contributed by atoms with Crippen LogP contribution in [0.1, 0.15) is 31.5 Å². The number of nitro groups is 1.